The van der Waals surface area contributed by atoms with Crippen LogP contribution in [-0.2, 0) is 25.5 Å². The van der Waals surface area contributed by atoms with Gasteiger partial charge in [0.25, 0.3) is 0 Å². The zero-order valence-electron chi connectivity index (χ0n) is 18.1. The molecular formula is C24H16F6N2O4. The number of rotatable bonds is 6. The molecule has 0 bridgehead atoms. The van der Waals surface area contributed by atoms with Crippen molar-refractivity contribution in [1.29, 1.82) is 0 Å². The van der Waals surface area contributed by atoms with Crippen LogP contribution in [0.5, 0.6) is 5.75 Å². The Morgan fingerprint density at radius 1 is 0.806 bits per heavy atom. The number of nitrogens with one attached hydrogen (secondary N) is 1. The molecule has 188 valence electrons. The van der Waals surface area contributed by atoms with Gasteiger partial charge in [0.15, 0.2) is 0 Å². The number of aromatic amines is 1. The fraction of sp³-hybridized carbons (Fsp3) is 0.167. The first-order chi connectivity index (χ1) is 16.9. The van der Waals surface area contributed by atoms with Gasteiger partial charge in [-0.05, 0) is 47.0 Å². The number of alkyl halides is 6. The fourth-order valence-electron chi connectivity index (χ4n) is 3.59. The van der Waals surface area contributed by atoms with Gasteiger partial charge in [-0.2, -0.15) is 26.3 Å². The van der Waals surface area contributed by atoms with E-state index in [1.54, 1.807) is 24.3 Å². The fourth-order valence-corrected chi connectivity index (χ4v) is 3.59. The maximum Gasteiger partial charge on any atom is 0.440 e. The molecule has 0 fully saturated rings. The normalized spacial score (nSPS) is 12.1. The van der Waals surface area contributed by atoms with Gasteiger partial charge in [-0.15, -0.1) is 4.74 Å². The largest absolute Gasteiger partial charge is 0.489 e. The molecule has 1 heterocycles. The molecule has 3 aromatic carbocycles. The van der Waals surface area contributed by atoms with Gasteiger partial charge in [-0.1, -0.05) is 36.4 Å². The third-order valence-electron chi connectivity index (χ3n) is 5.17. The van der Waals surface area contributed by atoms with E-state index in [0.29, 0.717) is 29.0 Å². The Balaban J connectivity index is 1.55. The molecule has 0 aliphatic rings. The van der Waals surface area contributed by atoms with Crippen LogP contribution in [0.15, 0.2) is 80.8 Å². The molecule has 0 atom stereocenters. The highest BCUT2D eigenvalue weighted by Crippen LogP contribution is 2.44. The standard InChI is InChI=1S/C24H16F6N2O4/c25-23(26,27)18-5-2-6-19(24(28,29)30)20(18)16-4-1-3-15(11-16)13-35-17-9-7-14(8-10-17)12-32-21(33)31-22(34)36-32/h1-11H,12-13H2,(H,31,33,34). The number of hydrogen-bond donors (Lipinski definition) is 1. The molecule has 36 heavy (non-hydrogen) atoms. The van der Waals surface area contributed by atoms with Crippen molar-refractivity contribution in [2.45, 2.75) is 25.5 Å². The van der Waals surface area contributed by atoms with E-state index in [0.717, 1.165) is 10.8 Å². The Morgan fingerprint density at radius 3 is 1.97 bits per heavy atom. The molecule has 0 aliphatic heterocycles. The van der Waals surface area contributed by atoms with Crippen LogP contribution in [0.4, 0.5) is 26.3 Å². The third kappa shape index (κ3) is 5.53. The molecule has 0 saturated carbocycles. The highest BCUT2D eigenvalue weighted by molar-refractivity contribution is 5.73. The molecule has 0 radical (unpaired) electrons. The first-order valence-electron chi connectivity index (χ1n) is 10.3. The van der Waals surface area contributed by atoms with Crippen molar-refractivity contribution in [3.63, 3.8) is 0 Å². The molecule has 1 aromatic heterocycles. The second-order valence-electron chi connectivity index (χ2n) is 7.70. The predicted molar refractivity (Wildman–Crippen MR) is 115 cm³/mol. The molecule has 1 N–H and O–H groups in total. The second kappa shape index (κ2) is 9.44. The molecule has 12 heteroatoms. The molecule has 0 saturated heterocycles. The van der Waals surface area contributed by atoms with E-state index >= 15 is 0 Å². The Kier molecular flexibility index (Phi) is 6.53. The highest BCUT2D eigenvalue weighted by atomic mass is 19.4. The van der Waals surface area contributed by atoms with Crippen molar-refractivity contribution in [3.05, 3.63) is 110 Å². The van der Waals surface area contributed by atoms with E-state index in [1.807, 2.05) is 4.98 Å². The zero-order valence-corrected chi connectivity index (χ0v) is 18.1. The monoisotopic (exact) mass is 510 g/mol. The summed E-state index contributed by atoms with van der Waals surface area (Å²) in [4.78, 5) is 24.5. The van der Waals surface area contributed by atoms with Crippen molar-refractivity contribution in [2.24, 2.45) is 0 Å². The molecule has 6 nitrogen and oxygen atoms in total. The van der Waals surface area contributed by atoms with Crippen molar-refractivity contribution in [2.75, 3.05) is 0 Å². The van der Waals surface area contributed by atoms with E-state index in [-0.39, 0.29) is 18.7 Å². The summed E-state index contributed by atoms with van der Waals surface area (Å²) in [6, 6.07) is 13.5. The number of benzene rings is 3. The van der Waals surface area contributed by atoms with E-state index in [2.05, 4.69) is 4.52 Å². The molecule has 0 aliphatic carbocycles. The summed E-state index contributed by atoms with van der Waals surface area (Å²) in [5, 5.41) is 0. The van der Waals surface area contributed by atoms with Crippen LogP contribution in [0, 0.1) is 0 Å². The number of nitrogens with zero attached hydrogens (tertiary/aromatic N) is 1. The minimum absolute atomic E-state index is 0.0138. The molecule has 0 unspecified atom stereocenters. The van der Waals surface area contributed by atoms with Gasteiger partial charge in [0.2, 0.25) is 0 Å². The van der Waals surface area contributed by atoms with Crippen LogP contribution < -0.4 is 16.2 Å². The van der Waals surface area contributed by atoms with E-state index in [9.17, 15) is 35.9 Å². The maximum absolute atomic E-state index is 13.5. The highest BCUT2D eigenvalue weighted by Gasteiger charge is 2.40. The lowest BCUT2D eigenvalue weighted by Crippen LogP contribution is -2.17. The van der Waals surface area contributed by atoms with Crippen molar-refractivity contribution < 1.29 is 35.6 Å². The van der Waals surface area contributed by atoms with Crippen molar-refractivity contribution >= 4 is 0 Å². The number of hydrogen-bond acceptors (Lipinski definition) is 4. The summed E-state index contributed by atoms with van der Waals surface area (Å²) < 4.78 is 92.3. The van der Waals surface area contributed by atoms with E-state index < -0.39 is 40.5 Å². The van der Waals surface area contributed by atoms with Crippen molar-refractivity contribution in [3.8, 4) is 16.9 Å². The summed E-state index contributed by atoms with van der Waals surface area (Å²) >= 11 is 0. The topological polar surface area (TPSA) is 77.2 Å². The summed E-state index contributed by atoms with van der Waals surface area (Å²) in [6.45, 7) is -0.144. The van der Waals surface area contributed by atoms with Gasteiger partial charge in [-0.3, -0.25) is 0 Å². The summed E-state index contributed by atoms with van der Waals surface area (Å²) in [6.07, 6.45) is -9.97. The van der Waals surface area contributed by atoms with Gasteiger partial charge in [0.1, 0.15) is 12.4 Å². The minimum Gasteiger partial charge on any atom is -0.489 e. The van der Waals surface area contributed by atoms with Gasteiger partial charge < -0.3 is 9.26 Å². The van der Waals surface area contributed by atoms with Crippen LogP contribution in [0.1, 0.15) is 22.3 Å². The summed E-state index contributed by atoms with van der Waals surface area (Å²) in [5.74, 6) is -0.527. The average molecular weight is 510 g/mol. The number of ether oxygens (including phenoxy) is 1. The Labute approximate surface area is 198 Å². The predicted octanol–water partition coefficient (Wildman–Crippen LogP) is 5.46. The van der Waals surface area contributed by atoms with Crippen molar-refractivity contribution in [1.82, 2.24) is 9.72 Å². The minimum atomic E-state index is -4.99. The van der Waals surface area contributed by atoms with Gasteiger partial charge in [0.05, 0.1) is 17.7 Å². The van der Waals surface area contributed by atoms with E-state index in [4.69, 9.17) is 4.74 Å². The first-order valence-corrected chi connectivity index (χ1v) is 10.3. The van der Waals surface area contributed by atoms with E-state index in [1.165, 1.54) is 24.3 Å². The molecule has 0 spiro atoms. The van der Waals surface area contributed by atoms with Crippen LogP contribution in [0.2, 0.25) is 0 Å². The van der Waals surface area contributed by atoms with Crippen LogP contribution in [0.25, 0.3) is 11.1 Å². The maximum atomic E-state index is 13.5. The summed E-state index contributed by atoms with van der Waals surface area (Å²) in [7, 11) is 0. The smallest absolute Gasteiger partial charge is 0.440 e. The number of aromatic nitrogens is 2. The lowest BCUT2D eigenvalue weighted by Gasteiger charge is -2.19. The van der Waals surface area contributed by atoms with Gasteiger partial charge in [-0.25, -0.2) is 14.6 Å². The van der Waals surface area contributed by atoms with Crippen LogP contribution in [-0.4, -0.2) is 9.72 Å². The zero-order chi connectivity index (χ0) is 26.1. The molecular weight excluding hydrogens is 494 g/mol. The third-order valence-corrected chi connectivity index (χ3v) is 5.17. The average Bonchev–Trinajstić information content (AvgIpc) is 3.13. The lowest BCUT2D eigenvalue weighted by atomic mass is 9.92. The molecule has 4 rings (SSSR count). The Hall–Kier alpha value is -4.22. The summed E-state index contributed by atoms with van der Waals surface area (Å²) in [5.41, 5.74) is -3.71. The first kappa shape index (κ1) is 24.9. The van der Waals surface area contributed by atoms with Gasteiger partial charge >= 0.3 is 23.8 Å². The Morgan fingerprint density at radius 2 is 1.42 bits per heavy atom. The SMILES string of the molecule is O=c1[nH]c(=O)n(Cc2ccc(OCc3cccc(-c4c(C(F)(F)F)cccc4C(F)(F)F)c3)cc2)o1. The number of H-pyrrole nitrogens is 1. The Bertz CT molecular complexity index is 1450. The molecule has 4 aromatic rings. The second-order valence-corrected chi connectivity index (χ2v) is 7.70. The quantitative estimate of drug-likeness (QED) is 0.350. The lowest BCUT2D eigenvalue weighted by molar-refractivity contribution is -0.142. The van der Waals surface area contributed by atoms with Gasteiger partial charge in [0, 0.05) is 5.56 Å². The van der Waals surface area contributed by atoms with Crippen LogP contribution >= 0.6 is 0 Å². The number of halogens is 6. The van der Waals surface area contributed by atoms with Crippen LogP contribution in [0.3, 0.4) is 0 Å². The molecule has 0 amide bonds.